The topological polar surface area (TPSA) is 115 Å². The molecule has 1 aromatic carbocycles. The van der Waals surface area contributed by atoms with Crippen molar-refractivity contribution in [2.75, 3.05) is 17.2 Å². The maximum absolute atomic E-state index is 12.8. The largest absolute Gasteiger partial charge is 0.459 e. The summed E-state index contributed by atoms with van der Waals surface area (Å²) in [5.74, 6) is 1.03. The first-order chi connectivity index (χ1) is 14.5. The molecule has 0 bridgehead atoms. The highest BCUT2D eigenvalue weighted by molar-refractivity contribution is 5.94. The number of quaternary nitrogens is 1. The third-order valence-electron chi connectivity index (χ3n) is 4.63. The highest BCUT2D eigenvalue weighted by atomic mass is 16.4. The van der Waals surface area contributed by atoms with Crippen molar-refractivity contribution in [1.29, 1.82) is 0 Å². The van der Waals surface area contributed by atoms with Gasteiger partial charge in [0.2, 0.25) is 5.91 Å². The van der Waals surface area contributed by atoms with Crippen molar-refractivity contribution >= 4 is 23.2 Å². The maximum Gasteiger partial charge on any atom is 0.283 e. The molecule has 2 atom stereocenters. The number of benzene rings is 1. The number of hydrogen-bond donors (Lipinski definition) is 3. The monoisotopic (exact) mass is 412 g/mol. The van der Waals surface area contributed by atoms with Gasteiger partial charge >= 0.3 is 0 Å². The van der Waals surface area contributed by atoms with Gasteiger partial charge in [-0.1, -0.05) is 6.92 Å². The molecule has 2 aromatic heterocycles. The fourth-order valence-electron chi connectivity index (χ4n) is 3.07. The molecule has 3 N–H and O–H groups in total. The lowest BCUT2D eigenvalue weighted by Gasteiger charge is -2.23. The molecule has 0 saturated carbocycles. The SMILES string of the molecule is CCC[NH+](Cc1nnc(-c2ccco2)o1)[C@H](C)C(=O)Nc1ccc(NC(C)=O)cc1. The summed E-state index contributed by atoms with van der Waals surface area (Å²) in [4.78, 5) is 24.9. The van der Waals surface area contributed by atoms with Gasteiger partial charge in [0.15, 0.2) is 18.3 Å². The molecule has 9 heteroatoms. The molecule has 0 aliphatic carbocycles. The predicted octanol–water partition coefficient (Wildman–Crippen LogP) is 2.11. The van der Waals surface area contributed by atoms with Gasteiger partial charge in [-0.05, 0) is 49.7 Å². The first kappa shape index (κ1) is 21.3. The van der Waals surface area contributed by atoms with E-state index in [1.807, 2.05) is 6.92 Å². The summed E-state index contributed by atoms with van der Waals surface area (Å²) >= 11 is 0. The van der Waals surface area contributed by atoms with Crippen molar-refractivity contribution in [2.24, 2.45) is 0 Å². The molecule has 3 aromatic rings. The second kappa shape index (κ2) is 9.84. The number of nitrogens with zero attached hydrogens (tertiary/aromatic N) is 2. The van der Waals surface area contributed by atoms with Crippen molar-refractivity contribution in [3.05, 3.63) is 48.6 Å². The lowest BCUT2D eigenvalue weighted by atomic mass is 10.2. The van der Waals surface area contributed by atoms with Crippen LogP contribution in [0.25, 0.3) is 11.7 Å². The van der Waals surface area contributed by atoms with E-state index in [0.29, 0.717) is 35.5 Å². The van der Waals surface area contributed by atoms with Crippen LogP contribution in [0.3, 0.4) is 0 Å². The van der Waals surface area contributed by atoms with Crippen molar-refractivity contribution in [3.8, 4) is 11.7 Å². The number of anilines is 2. The van der Waals surface area contributed by atoms with Crippen LogP contribution < -0.4 is 15.5 Å². The average Bonchev–Trinajstić information content (AvgIpc) is 3.40. The fraction of sp³-hybridized carbons (Fsp3) is 0.333. The van der Waals surface area contributed by atoms with E-state index in [9.17, 15) is 9.59 Å². The van der Waals surface area contributed by atoms with E-state index in [4.69, 9.17) is 8.83 Å². The first-order valence-corrected chi connectivity index (χ1v) is 9.85. The van der Waals surface area contributed by atoms with Gasteiger partial charge in [0.05, 0.1) is 12.8 Å². The number of rotatable bonds is 9. The summed E-state index contributed by atoms with van der Waals surface area (Å²) in [6.07, 6.45) is 2.44. The lowest BCUT2D eigenvalue weighted by Crippen LogP contribution is -3.15. The Morgan fingerprint density at radius 2 is 1.80 bits per heavy atom. The summed E-state index contributed by atoms with van der Waals surface area (Å²) in [6, 6.07) is 10.2. The third kappa shape index (κ3) is 5.54. The number of hydrogen-bond acceptors (Lipinski definition) is 6. The molecular weight excluding hydrogens is 386 g/mol. The summed E-state index contributed by atoms with van der Waals surface area (Å²) < 4.78 is 11.0. The molecule has 9 nitrogen and oxygen atoms in total. The van der Waals surface area contributed by atoms with Crippen molar-refractivity contribution in [3.63, 3.8) is 0 Å². The lowest BCUT2D eigenvalue weighted by molar-refractivity contribution is -0.928. The van der Waals surface area contributed by atoms with Crippen LogP contribution in [0.1, 0.15) is 33.1 Å². The second-order valence-electron chi connectivity index (χ2n) is 7.03. The normalized spacial score (nSPS) is 12.9. The molecule has 2 amide bonds. The summed E-state index contributed by atoms with van der Waals surface area (Å²) in [5, 5.41) is 13.7. The predicted molar refractivity (Wildman–Crippen MR) is 111 cm³/mol. The second-order valence-corrected chi connectivity index (χ2v) is 7.03. The van der Waals surface area contributed by atoms with Gasteiger partial charge in [-0.2, -0.15) is 0 Å². The Hall–Kier alpha value is -3.46. The number of furan rings is 1. The van der Waals surface area contributed by atoms with E-state index >= 15 is 0 Å². The van der Waals surface area contributed by atoms with E-state index in [2.05, 4.69) is 27.8 Å². The number of aromatic nitrogens is 2. The summed E-state index contributed by atoms with van der Waals surface area (Å²) in [6.45, 7) is 6.58. The Balaban J connectivity index is 1.63. The number of carbonyl (C=O) groups is 2. The molecule has 3 rings (SSSR count). The van der Waals surface area contributed by atoms with Crippen LogP contribution in [-0.2, 0) is 16.1 Å². The molecule has 0 fully saturated rings. The molecule has 2 heterocycles. The first-order valence-electron chi connectivity index (χ1n) is 9.85. The summed E-state index contributed by atoms with van der Waals surface area (Å²) in [5.41, 5.74) is 1.34. The number of nitrogens with one attached hydrogen (secondary N) is 3. The van der Waals surface area contributed by atoms with Gasteiger partial charge in [0.25, 0.3) is 17.7 Å². The van der Waals surface area contributed by atoms with E-state index in [-0.39, 0.29) is 17.9 Å². The molecule has 0 spiro atoms. The minimum Gasteiger partial charge on any atom is -0.459 e. The quantitative estimate of drug-likeness (QED) is 0.496. The van der Waals surface area contributed by atoms with Crippen LogP contribution in [0, 0.1) is 0 Å². The van der Waals surface area contributed by atoms with Gasteiger partial charge in [-0.15, -0.1) is 10.2 Å². The van der Waals surface area contributed by atoms with Crippen molar-refractivity contribution in [1.82, 2.24) is 10.2 Å². The van der Waals surface area contributed by atoms with Crippen LogP contribution in [0.4, 0.5) is 11.4 Å². The van der Waals surface area contributed by atoms with Crippen LogP contribution in [-0.4, -0.2) is 34.6 Å². The Kier molecular flexibility index (Phi) is 6.97. The molecular formula is C21H26N5O4+. The fourth-order valence-corrected chi connectivity index (χ4v) is 3.07. The molecule has 0 radical (unpaired) electrons. The number of amides is 2. The standard InChI is InChI=1S/C21H25N5O4/c1-4-11-26(13-19-24-25-21(30-19)18-6-5-12-29-18)14(2)20(28)23-17-9-7-16(8-10-17)22-15(3)27/h5-10,12,14H,4,11,13H2,1-3H3,(H,22,27)(H,23,28)/p+1/t14-/m1/s1. The van der Waals surface area contributed by atoms with Crippen LogP contribution >= 0.6 is 0 Å². The van der Waals surface area contributed by atoms with E-state index in [1.54, 1.807) is 42.7 Å². The molecule has 0 aliphatic heterocycles. The van der Waals surface area contributed by atoms with Crippen LogP contribution in [0.2, 0.25) is 0 Å². The zero-order valence-corrected chi connectivity index (χ0v) is 17.3. The molecule has 0 saturated heterocycles. The van der Waals surface area contributed by atoms with E-state index < -0.39 is 0 Å². The van der Waals surface area contributed by atoms with Gasteiger partial charge in [0.1, 0.15) is 0 Å². The Morgan fingerprint density at radius 1 is 1.10 bits per heavy atom. The van der Waals surface area contributed by atoms with Gasteiger partial charge in [-0.3, -0.25) is 9.59 Å². The molecule has 158 valence electrons. The van der Waals surface area contributed by atoms with Gasteiger partial charge in [0, 0.05) is 18.3 Å². The minimum atomic E-state index is -0.334. The molecule has 1 unspecified atom stereocenters. The van der Waals surface area contributed by atoms with Crippen LogP contribution in [0.5, 0.6) is 0 Å². The van der Waals surface area contributed by atoms with E-state index in [1.165, 1.54) is 6.92 Å². The molecule has 0 aliphatic rings. The van der Waals surface area contributed by atoms with E-state index in [0.717, 1.165) is 17.9 Å². The Morgan fingerprint density at radius 3 is 2.40 bits per heavy atom. The zero-order chi connectivity index (χ0) is 21.5. The maximum atomic E-state index is 12.8. The van der Waals surface area contributed by atoms with Crippen molar-refractivity contribution in [2.45, 2.75) is 39.8 Å². The van der Waals surface area contributed by atoms with Crippen LogP contribution in [0.15, 0.2) is 51.5 Å². The van der Waals surface area contributed by atoms with Gasteiger partial charge in [-0.25, -0.2) is 0 Å². The third-order valence-corrected chi connectivity index (χ3v) is 4.63. The molecule has 30 heavy (non-hydrogen) atoms. The number of carbonyl (C=O) groups excluding carboxylic acids is 2. The highest BCUT2D eigenvalue weighted by Crippen LogP contribution is 2.17. The average molecular weight is 412 g/mol. The summed E-state index contributed by atoms with van der Waals surface area (Å²) in [7, 11) is 0. The minimum absolute atomic E-state index is 0.114. The van der Waals surface area contributed by atoms with Crippen molar-refractivity contribution < 1.29 is 23.3 Å². The Bertz CT molecular complexity index is 966. The van der Waals surface area contributed by atoms with Gasteiger partial charge < -0.3 is 24.4 Å². The Labute approximate surface area is 174 Å². The highest BCUT2D eigenvalue weighted by Gasteiger charge is 2.27. The zero-order valence-electron chi connectivity index (χ0n) is 17.3. The smallest absolute Gasteiger partial charge is 0.283 e.